The Hall–Kier alpha value is -0.860. The van der Waals surface area contributed by atoms with Crippen LogP contribution in [0.2, 0.25) is 5.15 Å². The van der Waals surface area contributed by atoms with E-state index in [9.17, 15) is 0 Å². The molecule has 0 spiro atoms. The molecule has 1 heterocycles. The zero-order valence-electron chi connectivity index (χ0n) is 6.79. The van der Waals surface area contributed by atoms with Gasteiger partial charge in [-0.05, 0) is 24.1 Å². The van der Waals surface area contributed by atoms with Crippen LogP contribution in [0.25, 0.3) is 6.08 Å². The first-order valence-corrected chi connectivity index (χ1v) is 4.01. The van der Waals surface area contributed by atoms with E-state index in [1.807, 2.05) is 13.0 Å². The molecule has 64 valence electrons. The molecule has 0 unspecified atom stereocenters. The quantitative estimate of drug-likeness (QED) is 0.712. The minimum atomic E-state index is 0.0433. The van der Waals surface area contributed by atoms with Crippen LogP contribution in [0, 0.1) is 6.92 Å². The summed E-state index contributed by atoms with van der Waals surface area (Å²) in [5.74, 6) is 0. The molecule has 0 radical (unpaired) electrons. The lowest BCUT2D eigenvalue weighted by Gasteiger charge is -1.97. The molecule has 0 saturated heterocycles. The highest BCUT2D eigenvalue weighted by Crippen LogP contribution is 2.13. The van der Waals surface area contributed by atoms with E-state index in [1.54, 1.807) is 18.3 Å². The highest BCUT2D eigenvalue weighted by atomic mass is 35.5. The van der Waals surface area contributed by atoms with Crippen molar-refractivity contribution in [2.75, 3.05) is 6.61 Å². The van der Waals surface area contributed by atoms with Gasteiger partial charge in [0.15, 0.2) is 0 Å². The van der Waals surface area contributed by atoms with Gasteiger partial charge in [-0.2, -0.15) is 0 Å². The second kappa shape index (κ2) is 4.24. The molecular formula is C9H10ClNO. The summed E-state index contributed by atoms with van der Waals surface area (Å²) in [5, 5.41) is 9.04. The summed E-state index contributed by atoms with van der Waals surface area (Å²) in [6, 6.07) is 1.92. The second-order valence-electron chi connectivity index (χ2n) is 2.46. The first kappa shape index (κ1) is 9.23. The maximum atomic E-state index is 8.52. The van der Waals surface area contributed by atoms with E-state index in [4.69, 9.17) is 16.7 Å². The van der Waals surface area contributed by atoms with Gasteiger partial charge in [0.05, 0.1) is 6.61 Å². The summed E-state index contributed by atoms with van der Waals surface area (Å²) in [7, 11) is 0. The van der Waals surface area contributed by atoms with Crippen molar-refractivity contribution in [3.05, 3.63) is 34.6 Å². The van der Waals surface area contributed by atoms with Gasteiger partial charge in [-0.15, -0.1) is 0 Å². The lowest BCUT2D eigenvalue weighted by atomic mass is 10.2. The molecular weight excluding hydrogens is 174 g/mol. The van der Waals surface area contributed by atoms with Crippen molar-refractivity contribution in [2.45, 2.75) is 6.92 Å². The fourth-order valence-corrected chi connectivity index (χ4v) is 0.963. The fourth-order valence-electron chi connectivity index (χ4n) is 0.860. The third-order valence-corrected chi connectivity index (χ3v) is 1.85. The summed E-state index contributed by atoms with van der Waals surface area (Å²) in [4.78, 5) is 3.96. The number of aliphatic hydroxyl groups excluding tert-OH is 1. The molecule has 12 heavy (non-hydrogen) atoms. The van der Waals surface area contributed by atoms with Gasteiger partial charge < -0.3 is 5.11 Å². The highest BCUT2D eigenvalue weighted by Gasteiger charge is 1.95. The number of hydrogen-bond donors (Lipinski definition) is 1. The largest absolute Gasteiger partial charge is 0.392 e. The monoisotopic (exact) mass is 183 g/mol. The van der Waals surface area contributed by atoms with Gasteiger partial charge in [0.1, 0.15) is 5.15 Å². The van der Waals surface area contributed by atoms with Crippen molar-refractivity contribution in [1.82, 2.24) is 4.98 Å². The Bertz CT molecular complexity index is 297. The zero-order valence-corrected chi connectivity index (χ0v) is 7.54. The number of aryl methyl sites for hydroxylation is 1. The number of pyridine rings is 1. The Morgan fingerprint density at radius 2 is 2.42 bits per heavy atom. The van der Waals surface area contributed by atoms with Crippen LogP contribution in [0.4, 0.5) is 0 Å². The SMILES string of the molecule is Cc1cc(/C=C/CO)cnc1Cl. The lowest BCUT2D eigenvalue weighted by molar-refractivity contribution is 0.343. The predicted molar refractivity (Wildman–Crippen MR) is 50.1 cm³/mol. The topological polar surface area (TPSA) is 33.1 Å². The molecule has 0 atom stereocenters. The second-order valence-corrected chi connectivity index (χ2v) is 2.82. The standard InChI is InChI=1S/C9H10ClNO/c1-7-5-8(3-2-4-12)6-11-9(7)10/h2-3,5-6,12H,4H2,1H3/b3-2+. The summed E-state index contributed by atoms with van der Waals surface area (Å²) in [6.07, 6.45) is 5.13. The van der Waals surface area contributed by atoms with Crippen LogP contribution in [0.5, 0.6) is 0 Å². The Balaban J connectivity index is 2.89. The maximum absolute atomic E-state index is 8.52. The molecule has 0 aromatic carbocycles. The number of hydrogen-bond acceptors (Lipinski definition) is 2. The van der Waals surface area contributed by atoms with Crippen LogP contribution in [0.15, 0.2) is 18.3 Å². The van der Waals surface area contributed by atoms with Gasteiger partial charge in [0.25, 0.3) is 0 Å². The molecule has 0 fully saturated rings. The molecule has 0 aliphatic heterocycles. The zero-order chi connectivity index (χ0) is 8.97. The normalized spacial score (nSPS) is 10.9. The van der Waals surface area contributed by atoms with Crippen LogP contribution in [-0.2, 0) is 0 Å². The van der Waals surface area contributed by atoms with E-state index in [1.165, 1.54) is 0 Å². The third kappa shape index (κ3) is 2.32. The lowest BCUT2D eigenvalue weighted by Crippen LogP contribution is -1.83. The summed E-state index contributed by atoms with van der Waals surface area (Å²) < 4.78 is 0. The molecule has 3 heteroatoms. The minimum absolute atomic E-state index is 0.0433. The molecule has 2 nitrogen and oxygen atoms in total. The number of halogens is 1. The average molecular weight is 184 g/mol. The predicted octanol–water partition coefficient (Wildman–Crippen LogP) is 2.05. The van der Waals surface area contributed by atoms with Gasteiger partial charge >= 0.3 is 0 Å². The summed E-state index contributed by atoms with van der Waals surface area (Å²) in [6.45, 7) is 1.94. The summed E-state index contributed by atoms with van der Waals surface area (Å²) in [5.41, 5.74) is 1.89. The molecule has 1 aromatic rings. The van der Waals surface area contributed by atoms with Crippen LogP contribution >= 0.6 is 11.6 Å². The molecule has 1 rings (SSSR count). The van der Waals surface area contributed by atoms with Crippen LogP contribution in [-0.4, -0.2) is 16.7 Å². The van der Waals surface area contributed by atoms with E-state index < -0.39 is 0 Å². The maximum Gasteiger partial charge on any atom is 0.131 e. The third-order valence-electron chi connectivity index (χ3n) is 1.45. The van der Waals surface area contributed by atoms with E-state index in [-0.39, 0.29) is 6.61 Å². The van der Waals surface area contributed by atoms with Crippen molar-refractivity contribution in [3.8, 4) is 0 Å². The molecule has 1 N–H and O–H groups in total. The molecule has 0 aliphatic rings. The summed E-state index contributed by atoms with van der Waals surface area (Å²) >= 11 is 5.73. The Kier molecular flexibility index (Phi) is 3.26. The number of aliphatic hydroxyl groups is 1. The molecule has 0 saturated carbocycles. The van der Waals surface area contributed by atoms with Crippen molar-refractivity contribution in [2.24, 2.45) is 0 Å². The first-order chi connectivity index (χ1) is 5.74. The first-order valence-electron chi connectivity index (χ1n) is 3.63. The Morgan fingerprint density at radius 1 is 1.67 bits per heavy atom. The van der Waals surface area contributed by atoms with Gasteiger partial charge in [-0.1, -0.05) is 23.8 Å². The van der Waals surface area contributed by atoms with Gasteiger partial charge in [-0.3, -0.25) is 0 Å². The van der Waals surface area contributed by atoms with Crippen LogP contribution in [0.3, 0.4) is 0 Å². The van der Waals surface area contributed by atoms with Crippen molar-refractivity contribution < 1.29 is 5.11 Å². The van der Waals surface area contributed by atoms with E-state index in [0.29, 0.717) is 5.15 Å². The van der Waals surface area contributed by atoms with E-state index in [2.05, 4.69) is 4.98 Å². The highest BCUT2D eigenvalue weighted by molar-refractivity contribution is 6.30. The van der Waals surface area contributed by atoms with Gasteiger partial charge in [-0.25, -0.2) is 4.98 Å². The fraction of sp³-hybridized carbons (Fsp3) is 0.222. The van der Waals surface area contributed by atoms with Crippen LogP contribution in [0.1, 0.15) is 11.1 Å². The van der Waals surface area contributed by atoms with Crippen molar-refractivity contribution in [1.29, 1.82) is 0 Å². The molecule has 0 bridgehead atoms. The molecule has 0 aliphatic carbocycles. The van der Waals surface area contributed by atoms with Crippen molar-refractivity contribution >= 4 is 17.7 Å². The Morgan fingerprint density at radius 3 is 3.00 bits per heavy atom. The van der Waals surface area contributed by atoms with E-state index in [0.717, 1.165) is 11.1 Å². The molecule has 1 aromatic heterocycles. The number of rotatable bonds is 2. The number of nitrogens with zero attached hydrogens (tertiary/aromatic N) is 1. The average Bonchev–Trinajstić information content (AvgIpc) is 2.07. The minimum Gasteiger partial charge on any atom is -0.392 e. The van der Waals surface area contributed by atoms with Gasteiger partial charge in [0.2, 0.25) is 0 Å². The molecule has 0 amide bonds. The van der Waals surface area contributed by atoms with Gasteiger partial charge in [0, 0.05) is 6.20 Å². The van der Waals surface area contributed by atoms with Crippen LogP contribution < -0.4 is 0 Å². The Labute approximate surface area is 76.5 Å². The smallest absolute Gasteiger partial charge is 0.131 e. The number of aromatic nitrogens is 1. The van der Waals surface area contributed by atoms with Crippen molar-refractivity contribution in [3.63, 3.8) is 0 Å². The van der Waals surface area contributed by atoms with E-state index >= 15 is 0 Å².